The molecule has 0 aliphatic heterocycles. The number of anilines is 2. The highest BCUT2D eigenvalue weighted by molar-refractivity contribution is 7.99. The van der Waals surface area contributed by atoms with Crippen LogP contribution in [0.3, 0.4) is 0 Å². The minimum Gasteiger partial charge on any atom is -0.326 e. The number of hydrogen-bond acceptors (Lipinski definition) is 4. The van der Waals surface area contributed by atoms with E-state index in [1.165, 1.54) is 36.9 Å². The summed E-state index contributed by atoms with van der Waals surface area (Å²) in [6.45, 7) is 3.36. The van der Waals surface area contributed by atoms with Crippen LogP contribution in [0, 0.1) is 12.7 Å². The number of halogens is 1. The number of carbonyl (C=O) groups is 2. The number of rotatable bonds is 6. The molecule has 0 atom stereocenters. The largest absolute Gasteiger partial charge is 0.326 e. The third kappa shape index (κ3) is 4.77. The van der Waals surface area contributed by atoms with Gasteiger partial charge in [-0.1, -0.05) is 30.0 Å². The average Bonchev–Trinajstić information content (AvgIpc) is 3.11. The summed E-state index contributed by atoms with van der Waals surface area (Å²) in [7, 11) is 0. The predicted molar refractivity (Wildman–Crippen MR) is 108 cm³/mol. The Morgan fingerprint density at radius 3 is 2.71 bits per heavy atom. The van der Waals surface area contributed by atoms with Crippen LogP contribution in [0.25, 0.3) is 5.69 Å². The number of para-hydroxylation sites is 1. The SMILES string of the molecule is CC(=O)Nc1ccc(F)c(NC(=O)CSc2nccn2-c2ccccc2C)c1. The summed E-state index contributed by atoms with van der Waals surface area (Å²) in [6.07, 6.45) is 3.50. The Morgan fingerprint density at radius 2 is 1.96 bits per heavy atom. The molecular formula is C20H19FN4O2S. The van der Waals surface area contributed by atoms with E-state index < -0.39 is 5.82 Å². The number of carbonyl (C=O) groups excluding carboxylic acids is 2. The third-order valence-corrected chi connectivity index (χ3v) is 4.84. The fourth-order valence-corrected chi connectivity index (χ4v) is 3.40. The van der Waals surface area contributed by atoms with Crippen molar-refractivity contribution in [1.82, 2.24) is 9.55 Å². The quantitative estimate of drug-likeness (QED) is 0.615. The van der Waals surface area contributed by atoms with Gasteiger partial charge < -0.3 is 10.6 Å². The molecule has 144 valence electrons. The number of amides is 2. The first-order chi connectivity index (χ1) is 13.4. The molecule has 28 heavy (non-hydrogen) atoms. The number of thioether (sulfide) groups is 1. The molecule has 0 aliphatic rings. The first kappa shape index (κ1) is 19.6. The minimum absolute atomic E-state index is 0.0131. The van der Waals surface area contributed by atoms with E-state index in [0.717, 1.165) is 11.3 Å². The summed E-state index contributed by atoms with van der Waals surface area (Å²) in [6, 6.07) is 11.9. The molecular weight excluding hydrogens is 379 g/mol. The second-order valence-electron chi connectivity index (χ2n) is 6.08. The molecule has 1 heterocycles. The smallest absolute Gasteiger partial charge is 0.234 e. The average molecular weight is 398 g/mol. The standard InChI is InChI=1S/C20H19FN4O2S/c1-13-5-3-4-6-18(13)25-10-9-22-20(25)28-12-19(27)24-17-11-15(23-14(2)26)7-8-16(17)21/h3-11H,12H2,1-2H3,(H,23,26)(H,24,27). The molecule has 0 saturated carbocycles. The Labute approximate surface area is 166 Å². The lowest BCUT2D eigenvalue weighted by molar-refractivity contribution is -0.114. The minimum atomic E-state index is -0.575. The molecule has 2 aromatic carbocycles. The van der Waals surface area contributed by atoms with E-state index in [1.54, 1.807) is 6.20 Å². The molecule has 0 fully saturated rings. The van der Waals surface area contributed by atoms with E-state index >= 15 is 0 Å². The predicted octanol–water partition coefficient (Wildman–Crippen LogP) is 4.01. The number of hydrogen-bond donors (Lipinski definition) is 2. The molecule has 8 heteroatoms. The zero-order valence-electron chi connectivity index (χ0n) is 15.4. The van der Waals surface area contributed by atoms with E-state index in [0.29, 0.717) is 10.8 Å². The fourth-order valence-electron chi connectivity index (χ4n) is 2.63. The second kappa shape index (κ2) is 8.71. The van der Waals surface area contributed by atoms with E-state index in [2.05, 4.69) is 15.6 Å². The molecule has 0 aliphatic carbocycles. The maximum atomic E-state index is 14.0. The maximum Gasteiger partial charge on any atom is 0.234 e. The van der Waals surface area contributed by atoms with E-state index in [9.17, 15) is 14.0 Å². The number of imidazole rings is 1. The summed E-state index contributed by atoms with van der Waals surface area (Å²) < 4.78 is 15.9. The van der Waals surface area contributed by atoms with E-state index in [-0.39, 0.29) is 23.3 Å². The molecule has 0 unspecified atom stereocenters. The molecule has 0 saturated heterocycles. The number of nitrogens with zero attached hydrogens (tertiary/aromatic N) is 2. The van der Waals surface area contributed by atoms with Gasteiger partial charge in [0, 0.05) is 25.0 Å². The summed E-state index contributed by atoms with van der Waals surface area (Å²) in [5, 5.41) is 5.75. The van der Waals surface area contributed by atoms with Crippen molar-refractivity contribution in [2.24, 2.45) is 0 Å². The van der Waals surface area contributed by atoms with E-state index in [4.69, 9.17) is 0 Å². The Kier molecular flexibility index (Phi) is 6.10. The van der Waals surface area contributed by atoms with Crippen LogP contribution in [0.4, 0.5) is 15.8 Å². The van der Waals surface area contributed by atoms with Gasteiger partial charge in [-0.3, -0.25) is 14.2 Å². The zero-order valence-corrected chi connectivity index (χ0v) is 16.2. The van der Waals surface area contributed by atoms with Crippen LogP contribution in [0.15, 0.2) is 60.0 Å². The van der Waals surface area contributed by atoms with Gasteiger partial charge in [0.2, 0.25) is 11.8 Å². The molecule has 0 bridgehead atoms. The summed E-state index contributed by atoms with van der Waals surface area (Å²) in [5.74, 6) is -1.16. The van der Waals surface area contributed by atoms with Crippen LogP contribution in [0.2, 0.25) is 0 Å². The van der Waals surface area contributed by atoms with Gasteiger partial charge >= 0.3 is 0 Å². The van der Waals surface area contributed by atoms with E-state index in [1.807, 2.05) is 42.0 Å². The van der Waals surface area contributed by atoms with Crippen LogP contribution in [-0.4, -0.2) is 27.1 Å². The summed E-state index contributed by atoms with van der Waals surface area (Å²) >= 11 is 1.25. The number of aromatic nitrogens is 2. The first-order valence-corrected chi connectivity index (χ1v) is 9.52. The highest BCUT2D eigenvalue weighted by atomic mass is 32.2. The van der Waals surface area contributed by atoms with Crippen molar-refractivity contribution >= 4 is 35.0 Å². The van der Waals surface area contributed by atoms with Crippen LogP contribution >= 0.6 is 11.8 Å². The van der Waals surface area contributed by atoms with Gasteiger partial charge in [-0.15, -0.1) is 0 Å². The molecule has 0 radical (unpaired) electrons. The number of benzene rings is 2. The van der Waals surface area contributed by atoms with Gasteiger partial charge in [0.15, 0.2) is 5.16 Å². The maximum absolute atomic E-state index is 14.0. The monoisotopic (exact) mass is 398 g/mol. The van der Waals surface area contributed by atoms with Crippen molar-refractivity contribution in [2.45, 2.75) is 19.0 Å². The molecule has 6 nitrogen and oxygen atoms in total. The Balaban J connectivity index is 1.67. The number of nitrogens with one attached hydrogen (secondary N) is 2. The Hall–Kier alpha value is -3.13. The third-order valence-electron chi connectivity index (χ3n) is 3.87. The van der Waals surface area contributed by atoms with Crippen molar-refractivity contribution in [3.63, 3.8) is 0 Å². The topological polar surface area (TPSA) is 76.0 Å². The second-order valence-corrected chi connectivity index (χ2v) is 7.02. The van der Waals surface area contributed by atoms with Gasteiger partial charge in [0.25, 0.3) is 0 Å². The molecule has 0 spiro atoms. The molecule has 2 amide bonds. The Bertz CT molecular complexity index is 1020. The lowest BCUT2D eigenvalue weighted by Crippen LogP contribution is -2.16. The fraction of sp³-hybridized carbons (Fsp3) is 0.150. The van der Waals surface area contributed by atoms with Gasteiger partial charge in [-0.25, -0.2) is 9.37 Å². The van der Waals surface area contributed by atoms with Gasteiger partial charge in [0.1, 0.15) is 5.82 Å². The van der Waals surface area contributed by atoms with Crippen molar-refractivity contribution in [1.29, 1.82) is 0 Å². The van der Waals surface area contributed by atoms with Crippen molar-refractivity contribution < 1.29 is 14.0 Å². The molecule has 2 N–H and O–H groups in total. The zero-order chi connectivity index (χ0) is 20.1. The summed E-state index contributed by atoms with van der Waals surface area (Å²) in [4.78, 5) is 27.7. The van der Waals surface area contributed by atoms with Crippen LogP contribution in [0.5, 0.6) is 0 Å². The van der Waals surface area contributed by atoms with Gasteiger partial charge in [-0.2, -0.15) is 0 Å². The number of aryl methyl sites for hydroxylation is 1. The van der Waals surface area contributed by atoms with Crippen LogP contribution in [-0.2, 0) is 9.59 Å². The van der Waals surface area contributed by atoms with Crippen molar-refractivity contribution in [3.05, 3.63) is 66.2 Å². The molecule has 1 aromatic heterocycles. The lowest BCUT2D eigenvalue weighted by Gasteiger charge is -2.11. The highest BCUT2D eigenvalue weighted by Crippen LogP contribution is 2.24. The van der Waals surface area contributed by atoms with Crippen LogP contribution in [0.1, 0.15) is 12.5 Å². The van der Waals surface area contributed by atoms with Crippen molar-refractivity contribution in [2.75, 3.05) is 16.4 Å². The van der Waals surface area contributed by atoms with Crippen LogP contribution < -0.4 is 10.6 Å². The van der Waals surface area contributed by atoms with Gasteiger partial charge in [0.05, 0.1) is 17.1 Å². The van der Waals surface area contributed by atoms with Gasteiger partial charge in [-0.05, 0) is 36.8 Å². The first-order valence-electron chi connectivity index (χ1n) is 8.53. The normalized spacial score (nSPS) is 10.5. The Morgan fingerprint density at radius 1 is 1.18 bits per heavy atom. The highest BCUT2D eigenvalue weighted by Gasteiger charge is 2.12. The summed E-state index contributed by atoms with van der Waals surface area (Å²) in [5.41, 5.74) is 2.49. The van der Waals surface area contributed by atoms with Crippen molar-refractivity contribution in [3.8, 4) is 5.69 Å². The molecule has 3 aromatic rings. The lowest BCUT2D eigenvalue weighted by atomic mass is 10.2. The molecule has 3 rings (SSSR count).